The standard InChI is InChI=1S/C20H20ClF3N2O5S/c1-4-31-19(28)14-6-5-7-17(12(14)2)25-18(27)11-26(32(3,29)30)13-8-9-16(21)15(10-13)20(22,23)24/h5-10H,4,11H2,1-3H3,(H,25,27). The Hall–Kier alpha value is -2.79. The minimum Gasteiger partial charge on any atom is -0.462 e. The van der Waals surface area contributed by atoms with Crippen LogP contribution in [0.2, 0.25) is 5.02 Å². The number of esters is 1. The summed E-state index contributed by atoms with van der Waals surface area (Å²) >= 11 is 5.59. The first-order chi connectivity index (χ1) is 14.8. The Labute approximate surface area is 188 Å². The van der Waals surface area contributed by atoms with Crippen molar-refractivity contribution in [3.05, 3.63) is 58.1 Å². The third kappa shape index (κ3) is 6.13. The summed E-state index contributed by atoms with van der Waals surface area (Å²) in [5.41, 5.74) is -0.797. The zero-order valence-corrected chi connectivity index (χ0v) is 18.9. The van der Waals surface area contributed by atoms with Crippen LogP contribution in [0, 0.1) is 6.92 Å². The first-order valence-corrected chi connectivity index (χ1v) is 11.4. The zero-order valence-electron chi connectivity index (χ0n) is 17.3. The molecule has 0 aliphatic rings. The summed E-state index contributed by atoms with van der Waals surface area (Å²) in [6.45, 7) is 2.55. The predicted molar refractivity (Wildman–Crippen MR) is 114 cm³/mol. The Morgan fingerprint density at radius 3 is 2.41 bits per heavy atom. The van der Waals surface area contributed by atoms with Gasteiger partial charge in [-0.25, -0.2) is 13.2 Å². The molecule has 0 radical (unpaired) electrons. The summed E-state index contributed by atoms with van der Waals surface area (Å²) in [4.78, 5) is 24.6. The maximum Gasteiger partial charge on any atom is 0.417 e. The van der Waals surface area contributed by atoms with Gasteiger partial charge >= 0.3 is 12.1 Å². The van der Waals surface area contributed by atoms with E-state index in [4.69, 9.17) is 16.3 Å². The lowest BCUT2D eigenvalue weighted by molar-refractivity contribution is -0.137. The number of nitrogens with zero attached hydrogens (tertiary/aromatic N) is 1. The van der Waals surface area contributed by atoms with Crippen molar-refractivity contribution in [2.24, 2.45) is 0 Å². The minimum absolute atomic E-state index is 0.152. The van der Waals surface area contributed by atoms with E-state index in [0.29, 0.717) is 15.9 Å². The highest BCUT2D eigenvalue weighted by atomic mass is 35.5. The van der Waals surface area contributed by atoms with Crippen molar-refractivity contribution in [2.45, 2.75) is 20.0 Å². The summed E-state index contributed by atoms with van der Waals surface area (Å²) in [5, 5.41) is 1.87. The van der Waals surface area contributed by atoms with Gasteiger partial charge in [-0.1, -0.05) is 17.7 Å². The Balaban J connectivity index is 2.34. The number of hydrogen-bond acceptors (Lipinski definition) is 5. The molecule has 1 amide bonds. The lowest BCUT2D eigenvalue weighted by Gasteiger charge is -2.23. The number of nitrogens with one attached hydrogen (secondary N) is 1. The van der Waals surface area contributed by atoms with Crippen LogP contribution < -0.4 is 9.62 Å². The lowest BCUT2D eigenvalue weighted by Crippen LogP contribution is -2.37. The highest BCUT2D eigenvalue weighted by Gasteiger charge is 2.34. The maximum atomic E-state index is 13.2. The second-order valence-electron chi connectivity index (χ2n) is 6.68. The fourth-order valence-corrected chi connectivity index (χ4v) is 3.88. The number of sulfonamides is 1. The maximum absolute atomic E-state index is 13.2. The molecule has 2 rings (SSSR count). The molecule has 0 bridgehead atoms. The van der Waals surface area contributed by atoms with Crippen molar-refractivity contribution < 1.29 is 35.9 Å². The number of carbonyl (C=O) groups excluding carboxylic acids is 2. The number of halogens is 4. The van der Waals surface area contributed by atoms with Crippen molar-refractivity contribution in [3.8, 4) is 0 Å². The smallest absolute Gasteiger partial charge is 0.417 e. The van der Waals surface area contributed by atoms with Gasteiger partial charge in [0.05, 0.1) is 34.7 Å². The van der Waals surface area contributed by atoms with E-state index in [1.165, 1.54) is 18.2 Å². The normalized spacial score (nSPS) is 11.7. The molecule has 0 fully saturated rings. The molecule has 0 saturated heterocycles. The molecule has 0 spiro atoms. The number of alkyl halides is 3. The predicted octanol–water partition coefficient (Wildman–Crippen LogP) is 4.25. The second kappa shape index (κ2) is 9.78. The van der Waals surface area contributed by atoms with E-state index < -0.39 is 45.2 Å². The molecule has 0 aliphatic heterocycles. The van der Waals surface area contributed by atoms with Crippen molar-refractivity contribution in [2.75, 3.05) is 29.0 Å². The number of amides is 1. The van der Waals surface area contributed by atoms with Crippen molar-refractivity contribution in [1.29, 1.82) is 0 Å². The van der Waals surface area contributed by atoms with E-state index in [-0.39, 0.29) is 23.5 Å². The number of benzene rings is 2. The summed E-state index contributed by atoms with van der Waals surface area (Å²) in [7, 11) is -4.13. The number of carbonyl (C=O) groups is 2. The van der Waals surface area contributed by atoms with Crippen LogP contribution in [0.15, 0.2) is 36.4 Å². The highest BCUT2D eigenvalue weighted by Crippen LogP contribution is 2.37. The summed E-state index contributed by atoms with van der Waals surface area (Å²) in [5.74, 6) is -1.43. The number of anilines is 2. The molecule has 0 heterocycles. The van der Waals surface area contributed by atoms with Crippen LogP contribution in [0.5, 0.6) is 0 Å². The average molecular weight is 493 g/mol. The number of ether oxygens (including phenoxy) is 1. The van der Waals surface area contributed by atoms with Gasteiger partial charge in [0.25, 0.3) is 0 Å². The van der Waals surface area contributed by atoms with Gasteiger partial charge in [0.1, 0.15) is 6.54 Å². The lowest BCUT2D eigenvalue weighted by atomic mass is 10.1. The van der Waals surface area contributed by atoms with Crippen LogP contribution in [0.25, 0.3) is 0 Å². The SMILES string of the molecule is CCOC(=O)c1cccc(NC(=O)CN(c2ccc(Cl)c(C(F)(F)F)c2)S(C)(=O)=O)c1C. The molecule has 2 aromatic rings. The van der Waals surface area contributed by atoms with Gasteiger partial charge in [-0.3, -0.25) is 9.10 Å². The monoisotopic (exact) mass is 492 g/mol. The minimum atomic E-state index is -4.82. The van der Waals surface area contributed by atoms with Crippen LogP contribution in [-0.2, 0) is 25.7 Å². The Morgan fingerprint density at radius 1 is 1.19 bits per heavy atom. The Bertz CT molecular complexity index is 1140. The molecule has 12 heteroatoms. The quantitative estimate of drug-likeness (QED) is 0.583. The molecule has 0 unspecified atom stereocenters. The Morgan fingerprint density at radius 2 is 1.84 bits per heavy atom. The van der Waals surface area contributed by atoms with Crippen molar-refractivity contribution in [1.82, 2.24) is 0 Å². The summed E-state index contributed by atoms with van der Waals surface area (Å²) in [6.07, 6.45) is -4.06. The van der Waals surface area contributed by atoms with E-state index in [1.807, 2.05) is 0 Å². The average Bonchev–Trinajstić information content (AvgIpc) is 2.67. The van der Waals surface area contributed by atoms with Crippen LogP contribution in [-0.4, -0.2) is 39.7 Å². The molecule has 32 heavy (non-hydrogen) atoms. The fraction of sp³-hybridized carbons (Fsp3) is 0.300. The van der Waals surface area contributed by atoms with E-state index in [2.05, 4.69) is 5.32 Å². The Kier molecular flexibility index (Phi) is 7.79. The van der Waals surface area contributed by atoms with Crippen LogP contribution in [0.4, 0.5) is 24.5 Å². The van der Waals surface area contributed by atoms with E-state index in [1.54, 1.807) is 13.8 Å². The molecule has 0 aromatic heterocycles. The van der Waals surface area contributed by atoms with Gasteiger partial charge in [-0.15, -0.1) is 0 Å². The second-order valence-corrected chi connectivity index (χ2v) is 8.99. The van der Waals surface area contributed by atoms with Gasteiger partial charge in [-0.05, 0) is 49.7 Å². The van der Waals surface area contributed by atoms with Crippen LogP contribution in [0.3, 0.4) is 0 Å². The third-order valence-electron chi connectivity index (χ3n) is 4.33. The van der Waals surface area contributed by atoms with Gasteiger partial charge in [-0.2, -0.15) is 13.2 Å². The van der Waals surface area contributed by atoms with Gasteiger partial charge in [0, 0.05) is 5.69 Å². The molecule has 2 aromatic carbocycles. The van der Waals surface area contributed by atoms with Gasteiger partial charge in [0.15, 0.2) is 0 Å². The molecule has 1 N–H and O–H groups in total. The molecule has 0 aliphatic carbocycles. The zero-order chi connectivity index (χ0) is 24.3. The van der Waals surface area contributed by atoms with E-state index in [0.717, 1.165) is 18.4 Å². The molecular weight excluding hydrogens is 473 g/mol. The van der Waals surface area contributed by atoms with Crippen molar-refractivity contribution in [3.63, 3.8) is 0 Å². The molecular formula is C20H20ClF3N2O5S. The fourth-order valence-electron chi connectivity index (χ4n) is 2.81. The van der Waals surface area contributed by atoms with Gasteiger partial charge < -0.3 is 10.1 Å². The third-order valence-corrected chi connectivity index (χ3v) is 5.80. The van der Waals surface area contributed by atoms with Gasteiger partial charge in [0.2, 0.25) is 15.9 Å². The molecule has 174 valence electrons. The molecule has 0 atom stereocenters. The summed E-state index contributed by atoms with van der Waals surface area (Å²) < 4.78 is 69.4. The number of hydrogen-bond donors (Lipinski definition) is 1. The summed E-state index contributed by atoms with van der Waals surface area (Å²) in [6, 6.07) is 7.02. The number of rotatable bonds is 7. The van der Waals surface area contributed by atoms with E-state index >= 15 is 0 Å². The van der Waals surface area contributed by atoms with E-state index in [9.17, 15) is 31.2 Å². The molecule has 7 nitrogen and oxygen atoms in total. The van der Waals surface area contributed by atoms with Crippen LogP contribution in [0.1, 0.15) is 28.4 Å². The topological polar surface area (TPSA) is 92.8 Å². The molecule has 0 saturated carbocycles. The van der Waals surface area contributed by atoms with Crippen molar-refractivity contribution >= 4 is 44.9 Å². The largest absolute Gasteiger partial charge is 0.462 e. The van der Waals surface area contributed by atoms with Crippen LogP contribution >= 0.6 is 11.6 Å². The first kappa shape index (κ1) is 25.5. The first-order valence-electron chi connectivity index (χ1n) is 9.16. The highest BCUT2D eigenvalue weighted by molar-refractivity contribution is 7.92.